The number of hydrogen-bond acceptors (Lipinski definition) is 3. The van der Waals surface area contributed by atoms with Crippen molar-refractivity contribution < 1.29 is 37.1 Å². The van der Waals surface area contributed by atoms with E-state index >= 15 is 0 Å². The Labute approximate surface area is 222 Å². The largest absolute Gasteiger partial charge is 0.481 e. The molecule has 7 nitrogen and oxygen atoms in total. The van der Waals surface area contributed by atoms with Crippen LogP contribution < -0.4 is 10.6 Å². The van der Waals surface area contributed by atoms with Crippen LogP contribution >= 0.6 is 0 Å². The number of nitrogens with one attached hydrogen (secondary N) is 3. The molecule has 2 unspecified atom stereocenters. The Balaban J connectivity index is 1.59. The van der Waals surface area contributed by atoms with Gasteiger partial charge in [0.1, 0.15) is 17.8 Å². The van der Waals surface area contributed by atoms with E-state index in [0.717, 1.165) is 6.07 Å². The first-order valence-corrected chi connectivity index (χ1v) is 12.7. The number of carbonyl (C=O) groups is 3. The van der Waals surface area contributed by atoms with Gasteiger partial charge in [-0.05, 0) is 42.0 Å². The summed E-state index contributed by atoms with van der Waals surface area (Å²) in [7, 11) is 0. The second-order valence-electron chi connectivity index (χ2n) is 9.91. The van der Waals surface area contributed by atoms with Crippen molar-refractivity contribution in [3.05, 3.63) is 70.7 Å². The molecule has 4 rings (SSSR count). The molecule has 0 saturated carbocycles. The van der Waals surface area contributed by atoms with E-state index in [9.17, 15) is 37.1 Å². The van der Waals surface area contributed by atoms with Gasteiger partial charge in [0.05, 0.1) is 17.5 Å². The molecule has 2 amide bonds. The van der Waals surface area contributed by atoms with Crippen molar-refractivity contribution in [1.82, 2.24) is 15.6 Å². The molecule has 1 aliphatic carbocycles. The van der Waals surface area contributed by atoms with E-state index < -0.39 is 53.3 Å². The second-order valence-corrected chi connectivity index (χ2v) is 9.91. The summed E-state index contributed by atoms with van der Waals surface area (Å²) >= 11 is 0. The molecule has 0 spiro atoms. The molecule has 0 bridgehead atoms. The van der Waals surface area contributed by atoms with Gasteiger partial charge in [-0.1, -0.05) is 50.6 Å². The van der Waals surface area contributed by atoms with Crippen LogP contribution in [0.15, 0.2) is 42.5 Å². The van der Waals surface area contributed by atoms with Gasteiger partial charge in [0, 0.05) is 17.1 Å². The van der Waals surface area contributed by atoms with Crippen LogP contribution in [0.25, 0.3) is 10.9 Å². The maximum Gasteiger partial charge on any atom is 0.418 e. The van der Waals surface area contributed by atoms with Crippen molar-refractivity contribution in [2.45, 2.75) is 63.7 Å². The number of halogens is 4. The van der Waals surface area contributed by atoms with Crippen LogP contribution in [0.4, 0.5) is 17.6 Å². The van der Waals surface area contributed by atoms with Gasteiger partial charge in [-0.15, -0.1) is 0 Å². The van der Waals surface area contributed by atoms with E-state index in [-0.39, 0.29) is 47.2 Å². The summed E-state index contributed by atoms with van der Waals surface area (Å²) in [5.41, 5.74) is -0.318. The lowest BCUT2D eigenvalue weighted by atomic mass is 9.80. The Morgan fingerprint density at radius 1 is 1.13 bits per heavy atom. The number of aryl methyl sites for hydroxylation is 1. The number of carbonyl (C=O) groups excluding carboxylic acids is 2. The molecule has 11 heteroatoms. The highest BCUT2D eigenvalue weighted by atomic mass is 19.4. The third-order valence-electron chi connectivity index (χ3n) is 7.39. The second kappa shape index (κ2) is 11.1. The normalized spacial score (nSPS) is 18.7. The zero-order valence-corrected chi connectivity index (χ0v) is 21.4. The van der Waals surface area contributed by atoms with Crippen LogP contribution in [0.3, 0.4) is 0 Å². The van der Waals surface area contributed by atoms with Gasteiger partial charge in [0.25, 0.3) is 0 Å². The fraction of sp³-hybridized carbons (Fsp3) is 0.393. The van der Waals surface area contributed by atoms with Crippen LogP contribution in [0.5, 0.6) is 0 Å². The number of rotatable bonds is 8. The lowest BCUT2D eigenvalue weighted by molar-refractivity contribution is -0.140. The van der Waals surface area contributed by atoms with Crippen LogP contribution in [0.2, 0.25) is 0 Å². The molecule has 1 aliphatic rings. The summed E-state index contributed by atoms with van der Waals surface area (Å²) in [5, 5.41) is 15.6. The molecule has 4 N–H and O–H groups in total. The first-order valence-electron chi connectivity index (χ1n) is 12.7. The van der Waals surface area contributed by atoms with E-state index in [1.165, 1.54) is 30.3 Å². The summed E-state index contributed by atoms with van der Waals surface area (Å²) in [4.78, 5) is 41.3. The topological polar surface area (TPSA) is 111 Å². The lowest BCUT2D eigenvalue weighted by Gasteiger charge is -2.32. The average molecular weight is 548 g/mol. The molecule has 208 valence electrons. The van der Waals surface area contributed by atoms with Gasteiger partial charge in [0.15, 0.2) is 0 Å². The quantitative estimate of drug-likeness (QED) is 0.307. The highest BCUT2D eigenvalue weighted by molar-refractivity contribution is 5.94. The fourth-order valence-corrected chi connectivity index (χ4v) is 5.21. The predicted molar refractivity (Wildman–Crippen MR) is 135 cm³/mol. The fourth-order valence-electron chi connectivity index (χ4n) is 5.21. The van der Waals surface area contributed by atoms with Gasteiger partial charge < -0.3 is 20.7 Å². The number of amides is 2. The molecule has 0 radical (unpaired) electrons. The third-order valence-corrected chi connectivity index (χ3v) is 7.39. The monoisotopic (exact) mass is 547 g/mol. The molecule has 4 atom stereocenters. The van der Waals surface area contributed by atoms with E-state index in [1.807, 2.05) is 6.92 Å². The number of fused-ring (bicyclic) bond motifs is 3. The minimum absolute atomic E-state index is 0.142. The number of aromatic amines is 1. The van der Waals surface area contributed by atoms with Crippen molar-refractivity contribution in [3.63, 3.8) is 0 Å². The number of carboxylic acid groups (broad SMARTS) is 1. The third kappa shape index (κ3) is 5.76. The highest BCUT2D eigenvalue weighted by Crippen LogP contribution is 2.42. The summed E-state index contributed by atoms with van der Waals surface area (Å²) in [5.74, 6) is -4.66. The summed E-state index contributed by atoms with van der Waals surface area (Å²) < 4.78 is 54.8. The summed E-state index contributed by atoms with van der Waals surface area (Å²) in [6.07, 6.45) is -4.01. The lowest BCUT2D eigenvalue weighted by Crippen LogP contribution is -2.55. The Morgan fingerprint density at radius 2 is 1.85 bits per heavy atom. The van der Waals surface area contributed by atoms with Crippen LogP contribution in [0, 0.1) is 11.7 Å². The number of aliphatic carboxylic acids is 1. The van der Waals surface area contributed by atoms with E-state index in [2.05, 4.69) is 15.6 Å². The first kappa shape index (κ1) is 28.1. The Bertz CT molecular complexity index is 1400. The number of alkyl halides is 3. The van der Waals surface area contributed by atoms with Gasteiger partial charge in [-0.25, -0.2) is 4.39 Å². The van der Waals surface area contributed by atoms with Crippen molar-refractivity contribution in [2.24, 2.45) is 5.92 Å². The summed E-state index contributed by atoms with van der Waals surface area (Å²) in [6, 6.07) is 7.43. The van der Waals surface area contributed by atoms with E-state index in [1.54, 1.807) is 13.0 Å². The highest BCUT2D eigenvalue weighted by Gasteiger charge is 2.41. The smallest absolute Gasteiger partial charge is 0.418 e. The number of hydrogen-bond donors (Lipinski definition) is 4. The predicted octanol–water partition coefficient (Wildman–Crippen LogP) is 4.70. The van der Waals surface area contributed by atoms with E-state index in [4.69, 9.17) is 0 Å². The molecule has 0 aliphatic heterocycles. The molecule has 39 heavy (non-hydrogen) atoms. The molecule has 1 heterocycles. The molecule has 0 saturated heterocycles. The van der Waals surface area contributed by atoms with Crippen LogP contribution in [0.1, 0.15) is 55.0 Å². The minimum Gasteiger partial charge on any atom is -0.481 e. The standard InChI is InChI=1S/C28H29F4N3O4/c1-3-14(2)24(35-21(36)13-15-7-4-5-10-18(15)29)26(37)34-20-12-11-19-22(23(20)27(38)39)16-8-6-9-17(25(16)33-19)28(30,31)32/h4-10,14,20,23-24,33H,3,11-13H2,1-2H3,(H,34,37)(H,35,36)(H,38,39)/t14?,20-,23?,24+/m1/s1. The number of carboxylic acids is 1. The summed E-state index contributed by atoms with van der Waals surface area (Å²) in [6.45, 7) is 3.57. The Hall–Kier alpha value is -3.89. The van der Waals surface area contributed by atoms with Crippen molar-refractivity contribution >= 4 is 28.7 Å². The number of para-hydroxylation sites is 1. The van der Waals surface area contributed by atoms with Gasteiger partial charge in [0.2, 0.25) is 11.8 Å². The number of benzene rings is 2. The first-order chi connectivity index (χ1) is 18.4. The molecule has 2 aromatic carbocycles. The molecular formula is C28H29F4N3O4. The van der Waals surface area contributed by atoms with Gasteiger partial charge in [-0.2, -0.15) is 13.2 Å². The van der Waals surface area contributed by atoms with Crippen molar-refractivity contribution in [3.8, 4) is 0 Å². The Kier molecular flexibility index (Phi) is 7.99. The average Bonchev–Trinajstić information content (AvgIpc) is 3.25. The number of aromatic nitrogens is 1. The zero-order valence-electron chi connectivity index (χ0n) is 21.4. The van der Waals surface area contributed by atoms with Gasteiger partial charge in [-0.3, -0.25) is 14.4 Å². The number of H-pyrrole nitrogens is 1. The minimum atomic E-state index is -4.64. The Morgan fingerprint density at radius 3 is 2.49 bits per heavy atom. The maximum absolute atomic E-state index is 14.0. The molecule has 1 aromatic heterocycles. The molecule has 3 aromatic rings. The van der Waals surface area contributed by atoms with Crippen molar-refractivity contribution in [2.75, 3.05) is 0 Å². The molecular weight excluding hydrogens is 518 g/mol. The SMILES string of the molecule is CCC(C)[C@H](NC(=O)Cc1ccccc1F)C(=O)N[C@@H]1CCc2[nH]c3c(C(F)(F)F)cccc3c2C1C(=O)O. The van der Waals surface area contributed by atoms with Crippen molar-refractivity contribution in [1.29, 1.82) is 0 Å². The van der Waals surface area contributed by atoms with Crippen LogP contribution in [-0.2, 0) is 33.4 Å². The van der Waals surface area contributed by atoms with Crippen LogP contribution in [-0.4, -0.2) is 40.0 Å². The van der Waals surface area contributed by atoms with Gasteiger partial charge >= 0.3 is 12.1 Å². The zero-order chi connectivity index (χ0) is 28.5. The van der Waals surface area contributed by atoms with E-state index in [0.29, 0.717) is 12.1 Å². The molecule has 0 fully saturated rings. The maximum atomic E-state index is 14.0.